The molecule has 2 aromatic rings. The number of benzene rings is 2. The highest BCUT2D eigenvalue weighted by molar-refractivity contribution is 6.35. The largest absolute Gasteiger partial charge is 0.353 e. The van der Waals surface area contributed by atoms with Crippen LogP contribution < -0.4 is 5.32 Å². The van der Waals surface area contributed by atoms with Crippen LogP contribution >= 0.6 is 34.8 Å². The molecular formula is C22H22Cl3NO. The SMILES string of the molecule is C[C@@H]1NC(=O)[C@@]2(C)CC[C@H](c3ccc(Cl)cc3Cl)[C@@H](c3ccc(Cl)cc3)[C@@H]12. The Labute approximate surface area is 175 Å². The molecule has 0 bridgehead atoms. The summed E-state index contributed by atoms with van der Waals surface area (Å²) >= 11 is 18.9. The van der Waals surface area contributed by atoms with Gasteiger partial charge in [0, 0.05) is 27.0 Å². The molecule has 2 fully saturated rings. The van der Waals surface area contributed by atoms with E-state index in [1.54, 1.807) is 0 Å². The molecule has 1 aliphatic heterocycles. The van der Waals surface area contributed by atoms with E-state index in [1.807, 2.05) is 30.3 Å². The molecule has 0 unspecified atom stereocenters. The first-order valence-corrected chi connectivity index (χ1v) is 10.5. The lowest BCUT2D eigenvalue weighted by Crippen LogP contribution is -2.42. The number of carbonyl (C=O) groups is 1. The van der Waals surface area contributed by atoms with Crippen molar-refractivity contribution in [3.63, 3.8) is 0 Å². The van der Waals surface area contributed by atoms with E-state index in [9.17, 15) is 4.79 Å². The predicted molar refractivity (Wildman–Crippen MR) is 112 cm³/mol. The molecule has 142 valence electrons. The minimum atomic E-state index is -0.362. The Morgan fingerprint density at radius 2 is 1.70 bits per heavy atom. The molecule has 1 N–H and O–H groups in total. The Kier molecular flexibility index (Phi) is 4.95. The van der Waals surface area contributed by atoms with Gasteiger partial charge in [-0.2, -0.15) is 0 Å². The molecule has 2 aliphatic rings. The Morgan fingerprint density at radius 1 is 1.04 bits per heavy atom. The lowest BCUT2D eigenvalue weighted by atomic mass is 9.56. The molecule has 1 saturated heterocycles. The second-order valence-corrected chi connectivity index (χ2v) is 9.37. The average Bonchev–Trinajstić information content (AvgIpc) is 2.85. The number of rotatable bonds is 2. The van der Waals surface area contributed by atoms with Gasteiger partial charge in [0.05, 0.1) is 5.41 Å². The molecule has 0 aromatic heterocycles. The molecule has 1 amide bonds. The van der Waals surface area contributed by atoms with Crippen molar-refractivity contribution in [2.75, 3.05) is 0 Å². The van der Waals surface area contributed by atoms with Crippen LogP contribution in [0, 0.1) is 11.3 Å². The Hall–Kier alpha value is -1.22. The first kappa shape index (κ1) is 19.1. The monoisotopic (exact) mass is 421 g/mol. The van der Waals surface area contributed by atoms with Crippen molar-refractivity contribution in [2.45, 2.75) is 44.6 Å². The van der Waals surface area contributed by atoms with Gasteiger partial charge in [0.25, 0.3) is 0 Å². The highest BCUT2D eigenvalue weighted by atomic mass is 35.5. The van der Waals surface area contributed by atoms with Crippen LogP contribution in [0.5, 0.6) is 0 Å². The first-order chi connectivity index (χ1) is 12.8. The maximum atomic E-state index is 12.8. The molecule has 1 aliphatic carbocycles. The fourth-order valence-electron chi connectivity index (χ4n) is 5.31. The second-order valence-electron chi connectivity index (χ2n) is 8.09. The molecule has 0 radical (unpaired) electrons. The molecule has 0 spiro atoms. The highest BCUT2D eigenvalue weighted by Crippen LogP contribution is 2.59. The van der Waals surface area contributed by atoms with Crippen LogP contribution in [-0.2, 0) is 4.79 Å². The third-order valence-corrected chi connectivity index (χ3v) is 7.38. The quantitative estimate of drug-likeness (QED) is 0.592. The average molecular weight is 423 g/mol. The van der Waals surface area contributed by atoms with Crippen molar-refractivity contribution in [1.82, 2.24) is 5.32 Å². The van der Waals surface area contributed by atoms with E-state index in [0.29, 0.717) is 15.1 Å². The molecule has 5 atom stereocenters. The molecule has 2 nitrogen and oxygen atoms in total. The molecule has 1 heterocycles. The lowest BCUT2D eigenvalue weighted by Gasteiger charge is -2.46. The summed E-state index contributed by atoms with van der Waals surface area (Å²) in [6, 6.07) is 13.9. The van der Waals surface area contributed by atoms with Gasteiger partial charge in [-0.1, -0.05) is 59.9 Å². The third-order valence-electron chi connectivity index (χ3n) is 6.56. The molecule has 4 rings (SSSR count). The van der Waals surface area contributed by atoms with Crippen molar-refractivity contribution in [2.24, 2.45) is 11.3 Å². The van der Waals surface area contributed by atoms with Gasteiger partial charge in [-0.05, 0) is 67.0 Å². The van der Waals surface area contributed by atoms with Crippen molar-refractivity contribution < 1.29 is 4.79 Å². The van der Waals surface area contributed by atoms with Gasteiger partial charge >= 0.3 is 0 Å². The van der Waals surface area contributed by atoms with E-state index in [2.05, 4.69) is 31.3 Å². The minimum Gasteiger partial charge on any atom is -0.353 e. The number of halogens is 3. The van der Waals surface area contributed by atoms with E-state index in [-0.39, 0.29) is 35.1 Å². The highest BCUT2D eigenvalue weighted by Gasteiger charge is 2.57. The third kappa shape index (κ3) is 3.16. The number of hydrogen-bond acceptors (Lipinski definition) is 1. The molecule has 27 heavy (non-hydrogen) atoms. The van der Waals surface area contributed by atoms with E-state index < -0.39 is 0 Å². The lowest BCUT2D eigenvalue weighted by molar-refractivity contribution is -0.129. The van der Waals surface area contributed by atoms with Gasteiger partial charge in [-0.3, -0.25) is 4.79 Å². The smallest absolute Gasteiger partial charge is 0.226 e. The number of nitrogens with one attached hydrogen (secondary N) is 1. The summed E-state index contributed by atoms with van der Waals surface area (Å²) in [6.45, 7) is 4.22. The van der Waals surface area contributed by atoms with Gasteiger partial charge in [0.15, 0.2) is 0 Å². The number of carbonyl (C=O) groups excluding carboxylic acids is 1. The second kappa shape index (κ2) is 6.99. The fourth-order valence-corrected chi connectivity index (χ4v) is 5.99. The van der Waals surface area contributed by atoms with Crippen LogP contribution in [0.1, 0.15) is 49.7 Å². The number of amides is 1. The van der Waals surface area contributed by atoms with Crippen molar-refractivity contribution in [1.29, 1.82) is 0 Å². The van der Waals surface area contributed by atoms with E-state index in [0.717, 1.165) is 18.4 Å². The summed E-state index contributed by atoms with van der Waals surface area (Å²) in [4.78, 5) is 12.8. The summed E-state index contributed by atoms with van der Waals surface area (Å²) in [5.41, 5.74) is 1.95. The van der Waals surface area contributed by atoms with E-state index in [1.165, 1.54) is 5.56 Å². The van der Waals surface area contributed by atoms with Crippen LogP contribution in [0.25, 0.3) is 0 Å². The number of fused-ring (bicyclic) bond motifs is 1. The fraction of sp³-hybridized carbons (Fsp3) is 0.409. The maximum Gasteiger partial charge on any atom is 0.226 e. The van der Waals surface area contributed by atoms with E-state index >= 15 is 0 Å². The summed E-state index contributed by atoms with van der Waals surface area (Å²) < 4.78 is 0. The van der Waals surface area contributed by atoms with Gasteiger partial charge < -0.3 is 5.32 Å². The zero-order valence-electron chi connectivity index (χ0n) is 15.3. The topological polar surface area (TPSA) is 29.1 Å². The summed E-state index contributed by atoms with van der Waals surface area (Å²) in [6.07, 6.45) is 1.75. The van der Waals surface area contributed by atoms with Crippen LogP contribution in [0.3, 0.4) is 0 Å². The van der Waals surface area contributed by atoms with Gasteiger partial charge in [0.1, 0.15) is 0 Å². The first-order valence-electron chi connectivity index (χ1n) is 9.32. The van der Waals surface area contributed by atoms with Crippen LogP contribution in [-0.4, -0.2) is 11.9 Å². The Balaban J connectivity index is 1.85. The Bertz CT molecular complexity index is 882. The molecule has 1 saturated carbocycles. The predicted octanol–water partition coefficient (Wildman–Crippen LogP) is 6.45. The van der Waals surface area contributed by atoms with Gasteiger partial charge in [-0.15, -0.1) is 0 Å². The van der Waals surface area contributed by atoms with Crippen molar-refractivity contribution >= 4 is 40.7 Å². The van der Waals surface area contributed by atoms with Crippen LogP contribution in [0.15, 0.2) is 42.5 Å². The summed E-state index contributed by atoms with van der Waals surface area (Å²) in [5, 5.41) is 5.23. The summed E-state index contributed by atoms with van der Waals surface area (Å²) in [7, 11) is 0. The summed E-state index contributed by atoms with van der Waals surface area (Å²) in [5.74, 6) is 0.758. The minimum absolute atomic E-state index is 0.108. The molecule has 2 aromatic carbocycles. The zero-order valence-corrected chi connectivity index (χ0v) is 17.6. The van der Waals surface area contributed by atoms with Crippen LogP contribution in [0.4, 0.5) is 0 Å². The molecular weight excluding hydrogens is 401 g/mol. The van der Waals surface area contributed by atoms with Crippen molar-refractivity contribution in [3.8, 4) is 0 Å². The molecule has 5 heteroatoms. The van der Waals surface area contributed by atoms with Gasteiger partial charge in [0.2, 0.25) is 5.91 Å². The standard InChI is InChI=1S/C22H22Cl3NO/c1-12-20-19(13-3-5-14(23)6-4-13)17(9-10-22(20,2)21(27)26-12)16-8-7-15(24)11-18(16)25/h3-8,11-12,17,19-20H,9-10H2,1-2H3,(H,26,27)/t12-,17+,19+,20+,22-/m0/s1. The number of hydrogen-bond donors (Lipinski definition) is 1. The van der Waals surface area contributed by atoms with Crippen LogP contribution in [0.2, 0.25) is 15.1 Å². The van der Waals surface area contributed by atoms with Crippen molar-refractivity contribution in [3.05, 3.63) is 68.7 Å². The van der Waals surface area contributed by atoms with Gasteiger partial charge in [-0.25, -0.2) is 0 Å². The maximum absolute atomic E-state index is 12.8. The normalized spacial score (nSPS) is 32.9. The van der Waals surface area contributed by atoms with E-state index in [4.69, 9.17) is 34.8 Å². The Morgan fingerprint density at radius 3 is 2.37 bits per heavy atom. The zero-order chi connectivity index (χ0) is 19.3.